The van der Waals surface area contributed by atoms with Crippen molar-refractivity contribution in [2.45, 2.75) is 32.2 Å². The SMILES string of the molecule is CCCNC(c1ccc(Cl)cc1)C(C)c1ccccc1. The van der Waals surface area contributed by atoms with Crippen LogP contribution in [0.2, 0.25) is 5.02 Å². The molecule has 2 aromatic rings. The topological polar surface area (TPSA) is 12.0 Å². The zero-order valence-electron chi connectivity index (χ0n) is 12.1. The van der Waals surface area contributed by atoms with E-state index in [1.807, 2.05) is 12.1 Å². The van der Waals surface area contributed by atoms with Gasteiger partial charge in [-0.3, -0.25) is 0 Å². The number of halogens is 1. The van der Waals surface area contributed by atoms with Crippen LogP contribution in [0.1, 0.15) is 43.4 Å². The van der Waals surface area contributed by atoms with Crippen LogP contribution in [0.3, 0.4) is 0 Å². The van der Waals surface area contributed by atoms with Gasteiger partial charge in [0.15, 0.2) is 0 Å². The average molecular weight is 288 g/mol. The predicted octanol–water partition coefficient (Wildman–Crippen LogP) is 5.18. The highest BCUT2D eigenvalue weighted by Gasteiger charge is 2.19. The summed E-state index contributed by atoms with van der Waals surface area (Å²) in [7, 11) is 0. The second-order valence-corrected chi connectivity index (χ2v) is 5.62. The molecule has 2 unspecified atom stereocenters. The fourth-order valence-electron chi connectivity index (χ4n) is 2.50. The van der Waals surface area contributed by atoms with Crippen molar-refractivity contribution in [1.29, 1.82) is 0 Å². The van der Waals surface area contributed by atoms with Crippen molar-refractivity contribution in [1.82, 2.24) is 5.32 Å². The summed E-state index contributed by atoms with van der Waals surface area (Å²) in [5.74, 6) is 0.420. The van der Waals surface area contributed by atoms with Crippen LogP contribution in [0, 0.1) is 0 Å². The molecule has 0 aromatic heterocycles. The Morgan fingerprint density at radius 1 is 0.950 bits per heavy atom. The average Bonchev–Trinajstić information content (AvgIpc) is 2.50. The Morgan fingerprint density at radius 2 is 1.60 bits per heavy atom. The quantitative estimate of drug-likeness (QED) is 0.771. The van der Waals surface area contributed by atoms with Gasteiger partial charge in [-0.1, -0.05) is 67.9 Å². The monoisotopic (exact) mass is 287 g/mol. The number of hydrogen-bond acceptors (Lipinski definition) is 1. The smallest absolute Gasteiger partial charge is 0.0406 e. The Morgan fingerprint density at radius 3 is 2.20 bits per heavy atom. The lowest BCUT2D eigenvalue weighted by molar-refractivity contribution is 0.466. The van der Waals surface area contributed by atoms with Crippen LogP contribution >= 0.6 is 11.6 Å². The Bertz CT molecular complexity index is 507. The summed E-state index contributed by atoms with van der Waals surface area (Å²) in [4.78, 5) is 0. The molecule has 0 aliphatic heterocycles. The summed E-state index contributed by atoms with van der Waals surface area (Å²) < 4.78 is 0. The summed E-state index contributed by atoms with van der Waals surface area (Å²) in [6, 6.07) is 19.1. The molecule has 0 spiro atoms. The standard InChI is InChI=1S/C18H22ClN/c1-3-13-20-18(16-9-11-17(19)12-10-16)14(2)15-7-5-4-6-8-15/h4-12,14,18,20H,3,13H2,1-2H3. The van der Waals surface area contributed by atoms with E-state index in [2.05, 4.69) is 61.6 Å². The summed E-state index contributed by atoms with van der Waals surface area (Å²) in [5, 5.41) is 4.45. The van der Waals surface area contributed by atoms with Crippen molar-refractivity contribution in [3.05, 3.63) is 70.7 Å². The number of rotatable bonds is 6. The molecule has 2 atom stereocenters. The highest BCUT2D eigenvalue weighted by Crippen LogP contribution is 2.31. The number of nitrogens with one attached hydrogen (secondary N) is 1. The van der Waals surface area contributed by atoms with E-state index in [-0.39, 0.29) is 0 Å². The molecular weight excluding hydrogens is 266 g/mol. The van der Waals surface area contributed by atoms with Crippen molar-refractivity contribution in [2.24, 2.45) is 0 Å². The lowest BCUT2D eigenvalue weighted by atomic mass is 9.88. The molecule has 0 aliphatic rings. The first-order chi connectivity index (χ1) is 9.72. The molecule has 0 saturated carbocycles. The van der Waals surface area contributed by atoms with Gasteiger partial charge in [0.1, 0.15) is 0 Å². The maximum Gasteiger partial charge on any atom is 0.0406 e. The van der Waals surface area contributed by atoms with Gasteiger partial charge in [-0.15, -0.1) is 0 Å². The molecule has 20 heavy (non-hydrogen) atoms. The van der Waals surface area contributed by atoms with Crippen LogP contribution in [-0.4, -0.2) is 6.54 Å². The highest BCUT2D eigenvalue weighted by molar-refractivity contribution is 6.30. The molecule has 1 nitrogen and oxygen atoms in total. The Hall–Kier alpha value is -1.31. The normalized spacial score (nSPS) is 13.9. The van der Waals surface area contributed by atoms with E-state index in [9.17, 15) is 0 Å². The van der Waals surface area contributed by atoms with Gasteiger partial charge < -0.3 is 5.32 Å². The van der Waals surface area contributed by atoms with Crippen LogP contribution in [0.25, 0.3) is 0 Å². The summed E-state index contributed by atoms with van der Waals surface area (Å²) in [6.45, 7) is 5.49. The third kappa shape index (κ3) is 3.84. The van der Waals surface area contributed by atoms with Crippen LogP contribution < -0.4 is 5.32 Å². The van der Waals surface area contributed by atoms with E-state index in [1.165, 1.54) is 11.1 Å². The number of hydrogen-bond donors (Lipinski definition) is 1. The second kappa shape index (κ2) is 7.47. The van der Waals surface area contributed by atoms with Crippen molar-refractivity contribution in [3.63, 3.8) is 0 Å². The van der Waals surface area contributed by atoms with Gasteiger partial charge in [0.05, 0.1) is 0 Å². The first-order valence-electron chi connectivity index (χ1n) is 7.26. The largest absolute Gasteiger partial charge is 0.309 e. The third-order valence-corrected chi connectivity index (χ3v) is 3.92. The summed E-state index contributed by atoms with van der Waals surface area (Å²) >= 11 is 6.00. The zero-order chi connectivity index (χ0) is 14.4. The number of benzene rings is 2. The summed E-state index contributed by atoms with van der Waals surface area (Å²) in [5.41, 5.74) is 2.65. The van der Waals surface area contributed by atoms with Gasteiger partial charge in [-0.25, -0.2) is 0 Å². The molecule has 0 saturated heterocycles. The fourth-order valence-corrected chi connectivity index (χ4v) is 2.63. The van der Waals surface area contributed by atoms with Crippen molar-refractivity contribution in [3.8, 4) is 0 Å². The van der Waals surface area contributed by atoms with Gasteiger partial charge in [0.25, 0.3) is 0 Å². The summed E-state index contributed by atoms with van der Waals surface area (Å²) in [6.07, 6.45) is 1.13. The molecule has 0 amide bonds. The lowest BCUT2D eigenvalue weighted by Crippen LogP contribution is -2.26. The van der Waals surface area contributed by atoms with Gasteiger partial charge in [-0.05, 0) is 36.2 Å². The van der Waals surface area contributed by atoms with E-state index in [0.717, 1.165) is 18.0 Å². The molecule has 2 rings (SSSR count). The van der Waals surface area contributed by atoms with Crippen molar-refractivity contribution >= 4 is 11.6 Å². The van der Waals surface area contributed by atoms with E-state index in [0.29, 0.717) is 12.0 Å². The van der Waals surface area contributed by atoms with Gasteiger partial charge in [0.2, 0.25) is 0 Å². The Balaban J connectivity index is 2.25. The van der Waals surface area contributed by atoms with Gasteiger partial charge in [-0.2, -0.15) is 0 Å². The molecule has 2 aromatic carbocycles. The van der Waals surface area contributed by atoms with Gasteiger partial charge in [0, 0.05) is 17.0 Å². The predicted molar refractivity (Wildman–Crippen MR) is 87.3 cm³/mol. The zero-order valence-corrected chi connectivity index (χ0v) is 12.9. The van der Waals surface area contributed by atoms with E-state index < -0.39 is 0 Å². The van der Waals surface area contributed by atoms with Crippen LogP contribution in [0.4, 0.5) is 0 Å². The van der Waals surface area contributed by atoms with Crippen LogP contribution in [-0.2, 0) is 0 Å². The molecule has 0 bridgehead atoms. The van der Waals surface area contributed by atoms with Crippen molar-refractivity contribution in [2.75, 3.05) is 6.54 Å². The maximum absolute atomic E-state index is 6.00. The minimum Gasteiger partial charge on any atom is -0.309 e. The molecular formula is C18H22ClN. The first-order valence-corrected chi connectivity index (χ1v) is 7.64. The van der Waals surface area contributed by atoms with E-state index >= 15 is 0 Å². The third-order valence-electron chi connectivity index (χ3n) is 3.67. The molecule has 0 heterocycles. The molecule has 106 valence electrons. The first kappa shape index (κ1) is 15.1. The Labute approximate surface area is 127 Å². The van der Waals surface area contributed by atoms with Crippen LogP contribution in [0.15, 0.2) is 54.6 Å². The Kier molecular flexibility index (Phi) is 5.63. The minimum atomic E-state index is 0.314. The van der Waals surface area contributed by atoms with E-state index in [4.69, 9.17) is 11.6 Å². The fraction of sp³-hybridized carbons (Fsp3) is 0.333. The van der Waals surface area contributed by atoms with Crippen molar-refractivity contribution < 1.29 is 0 Å². The molecule has 0 fully saturated rings. The van der Waals surface area contributed by atoms with Crippen LogP contribution in [0.5, 0.6) is 0 Å². The highest BCUT2D eigenvalue weighted by atomic mass is 35.5. The lowest BCUT2D eigenvalue weighted by Gasteiger charge is -2.26. The molecule has 0 aliphatic carbocycles. The molecule has 2 heteroatoms. The maximum atomic E-state index is 6.00. The minimum absolute atomic E-state index is 0.314. The molecule has 1 N–H and O–H groups in total. The van der Waals surface area contributed by atoms with E-state index in [1.54, 1.807) is 0 Å². The van der Waals surface area contributed by atoms with Gasteiger partial charge >= 0.3 is 0 Å². The molecule has 0 radical (unpaired) electrons. The second-order valence-electron chi connectivity index (χ2n) is 5.18.